The zero-order valence-corrected chi connectivity index (χ0v) is 8.03. The lowest BCUT2D eigenvalue weighted by atomic mass is 10.4. The van der Waals surface area contributed by atoms with E-state index in [1.165, 1.54) is 6.07 Å². The highest BCUT2D eigenvalue weighted by molar-refractivity contribution is 5.92. The third-order valence-corrected chi connectivity index (χ3v) is 1.86. The maximum absolute atomic E-state index is 11.3. The summed E-state index contributed by atoms with van der Waals surface area (Å²) in [5, 5.41) is 0. The van der Waals surface area contributed by atoms with Gasteiger partial charge < -0.3 is 14.7 Å². The van der Waals surface area contributed by atoms with Crippen molar-refractivity contribution < 1.29 is 9.53 Å². The Balaban J connectivity index is 2.47. The van der Waals surface area contributed by atoms with E-state index >= 15 is 0 Å². The third kappa shape index (κ3) is 1.74. The van der Waals surface area contributed by atoms with Crippen LogP contribution in [0.25, 0.3) is 11.2 Å². The number of hydrogen-bond acceptors (Lipinski definition) is 4. The van der Waals surface area contributed by atoms with Crippen LogP contribution in [0, 0.1) is 0 Å². The summed E-state index contributed by atoms with van der Waals surface area (Å²) < 4.78 is 4.80. The molecule has 0 saturated carbocycles. The van der Waals surface area contributed by atoms with Crippen LogP contribution in [0.2, 0.25) is 0 Å². The second-order valence-electron chi connectivity index (χ2n) is 2.91. The summed E-state index contributed by atoms with van der Waals surface area (Å²) in [4.78, 5) is 31.4. The number of nitrogens with zero attached hydrogens (tertiary/aromatic N) is 1. The van der Waals surface area contributed by atoms with Crippen LogP contribution in [-0.4, -0.2) is 27.5 Å². The Bertz CT molecular complexity index is 555. The number of aromatic nitrogens is 3. The molecule has 2 N–H and O–H groups in total. The predicted molar refractivity (Wildman–Crippen MR) is 52.7 cm³/mol. The summed E-state index contributed by atoms with van der Waals surface area (Å²) in [6.07, 6.45) is 1.15. The molecule has 0 unspecified atom stereocenters. The maximum Gasteiger partial charge on any atom is 0.354 e. The maximum atomic E-state index is 11.3. The van der Waals surface area contributed by atoms with Crippen LogP contribution in [-0.2, 0) is 4.74 Å². The SMILES string of the molecule is CCOC(=O)c1cc2[nH]c(=O)cnc2[nH]1. The zero-order valence-electron chi connectivity index (χ0n) is 8.03. The Labute approximate surface area is 84.3 Å². The van der Waals surface area contributed by atoms with Gasteiger partial charge in [0.15, 0.2) is 5.65 Å². The molecule has 0 bridgehead atoms. The lowest BCUT2D eigenvalue weighted by molar-refractivity contribution is 0.0520. The Morgan fingerprint density at radius 2 is 2.33 bits per heavy atom. The fourth-order valence-corrected chi connectivity index (χ4v) is 1.25. The van der Waals surface area contributed by atoms with Gasteiger partial charge in [-0.3, -0.25) is 4.79 Å². The van der Waals surface area contributed by atoms with Gasteiger partial charge in [-0.15, -0.1) is 0 Å². The minimum atomic E-state index is -0.462. The molecule has 0 amide bonds. The molecule has 15 heavy (non-hydrogen) atoms. The van der Waals surface area contributed by atoms with Crippen molar-refractivity contribution in [2.75, 3.05) is 6.61 Å². The van der Waals surface area contributed by atoms with Crippen LogP contribution in [0.5, 0.6) is 0 Å². The van der Waals surface area contributed by atoms with Gasteiger partial charge in [0.1, 0.15) is 5.69 Å². The molecule has 78 valence electrons. The molecule has 6 heteroatoms. The van der Waals surface area contributed by atoms with Gasteiger partial charge in [0.2, 0.25) is 0 Å². The fraction of sp³-hybridized carbons (Fsp3) is 0.222. The summed E-state index contributed by atoms with van der Waals surface area (Å²) in [5.74, 6) is -0.462. The quantitative estimate of drug-likeness (QED) is 0.699. The number of carbonyl (C=O) groups excluding carboxylic acids is 1. The first kappa shape index (κ1) is 9.45. The van der Waals surface area contributed by atoms with Crippen LogP contribution in [0.4, 0.5) is 0 Å². The molecule has 2 aromatic rings. The second kappa shape index (κ2) is 3.56. The van der Waals surface area contributed by atoms with Gasteiger partial charge >= 0.3 is 5.97 Å². The van der Waals surface area contributed by atoms with Gasteiger partial charge in [-0.25, -0.2) is 9.78 Å². The first-order valence-corrected chi connectivity index (χ1v) is 4.46. The average molecular weight is 207 g/mol. The zero-order chi connectivity index (χ0) is 10.8. The molecule has 0 fully saturated rings. The minimum Gasteiger partial charge on any atom is -0.461 e. The molecule has 0 radical (unpaired) electrons. The molecule has 0 aliphatic rings. The molecule has 0 aromatic carbocycles. The predicted octanol–water partition coefficient (Wildman–Crippen LogP) is 0.428. The first-order valence-electron chi connectivity index (χ1n) is 4.46. The largest absolute Gasteiger partial charge is 0.461 e. The monoisotopic (exact) mass is 207 g/mol. The molecule has 2 rings (SSSR count). The summed E-state index contributed by atoms with van der Waals surface area (Å²) in [5.41, 5.74) is 0.918. The Morgan fingerprint density at radius 3 is 3.07 bits per heavy atom. The summed E-state index contributed by atoms with van der Waals surface area (Å²) in [6.45, 7) is 2.03. The van der Waals surface area contributed by atoms with Crippen molar-refractivity contribution in [3.05, 3.63) is 28.3 Å². The number of aromatic amines is 2. The molecular formula is C9H9N3O3. The van der Waals surface area contributed by atoms with Crippen LogP contribution in [0.1, 0.15) is 17.4 Å². The van der Waals surface area contributed by atoms with Gasteiger partial charge in [0.25, 0.3) is 5.56 Å². The molecule has 0 aliphatic carbocycles. The molecule has 0 atom stereocenters. The Hall–Kier alpha value is -2.11. The number of rotatable bonds is 2. The van der Waals surface area contributed by atoms with E-state index in [9.17, 15) is 9.59 Å². The molecule has 2 heterocycles. The first-order chi connectivity index (χ1) is 7.20. The highest BCUT2D eigenvalue weighted by atomic mass is 16.5. The molecule has 6 nitrogen and oxygen atoms in total. The standard InChI is InChI=1S/C9H9N3O3/c1-2-15-9(14)6-3-5-8(12-6)10-4-7(13)11-5/h3-4H,2H2,1H3,(H,10,12)(H,11,13). The van der Waals surface area contributed by atoms with Crippen molar-refractivity contribution in [3.8, 4) is 0 Å². The van der Waals surface area contributed by atoms with Gasteiger partial charge in [-0.1, -0.05) is 0 Å². The topological polar surface area (TPSA) is 87.8 Å². The normalized spacial score (nSPS) is 10.5. The van der Waals surface area contributed by atoms with E-state index < -0.39 is 5.97 Å². The van der Waals surface area contributed by atoms with E-state index in [4.69, 9.17) is 4.74 Å². The number of carbonyl (C=O) groups is 1. The van der Waals surface area contributed by atoms with Crippen molar-refractivity contribution >= 4 is 17.1 Å². The van der Waals surface area contributed by atoms with E-state index in [2.05, 4.69) is 15.0 Å². The second-order valence-corrected chi connectivity index (χ2v) is 2.91. The number of hydrogen-bond donors (Lipinski definition) is 2. The van der Waals surface area contributed by atoms with E-state index in [0.717, 1.165) is 6.20 Å². The summed E-state index contributed by atoms with van der Waals surface area (Å²) in [6, 6.07) is 1.50. The average Bonchev–Trinajstić information content (AvgIpc) is 2.60. The van der Waals surface area contributed by atoms with Crippen molar-refractivity contribution in [2.45, 2.75) is 6.92 Å². The van der Waals surface area contributed by atoms with Gasteiger partial charge in [0, 0.05) is 0 Å². The minimum absolute atomic E-state index is 0.279. The fourth-order valence-electron chi connectivity index (χ4n) is 1.25. The molecule has 0 aliphatic heterocycles. The molecule has 0 spiro atoms. The number of nitrogens with one attached hydrogen (secondary N) is 2. The number of H-pyrrole nitrogens is 2. The van der Waals surface area contributed by atoms with Crippen LogP contribution in [0.15, 0.2) is 17.1 Å². The van der Waals surface area contributed by atoms with Crippen molar-refractivity contribution in [3.63, 3.8) is 0 Å². The number of ether oxygens (including phenoxy) is 1. The Kier molecular flexibility index (Phi) is 2.24. The highest BCUT2D eigenvalue weighted by Gasteiger charge is 2.10. The Morgan fingerprint density at radius 1 is 1.53 bits per heavy atom. The summed E-state index contributed by atoms with van der Waals surface area (Å²) >= 11 is 0. The number of fused-ring (bicyclic) bond motifs is 1. The van der Waals surface area contributed by atoms with Crippen molar-refractivity contribution in [2.24, 2.45) is 0 Å². The molecule has 2 aromatic heterocycles. The van der Waals surface area contributed by atoms with E-state index in [0.29, 0.717) is 17.8 Å². The highest BCUT2D eigenvalue weighted by Crippen LogP contribution is 2.09. The van der Waals surface area contributed by atoms with Crippen molar-refractivity contribution in [1.82, 2.24) is 15.0 Å². The van der Waals surface area contributed by atoms with Crippen LogP contribution >= 0.6 is 0 Å². The van der Waals surface area contributed by atoms with Crippen LogP contribution < -0.4 is 5.56 Å². The van der Waals surface area contributed by atoms with E-state index in [1.807, 2.05) is 0 Å². The summed E-state index contributed by atoms with van der Waals surface area (Å²) in [7, 11) is 0. The smallest absolute Gasteiger partial charge is 0.354 e. The molecular weight excluding hydrogens is 198 g/mol. The van der Waals surface area contributed by atoms with Crippen LogP contribution in [0.3, 0.4) is 0 Å². The number of esters is 1. The molecule has 0 saturated heterocycles. The van der Waals surface area contributed by atoms with Gasteiger partial charge in [-0.05, 0) is 13.0 Å². The van der Waals surface area contributed by atoms with Gasteiger partial charge in [-0.2, -0.15) is 0 Å². The van der Waals surface area contributed by atoms with E-state index in [1.54, 1.807) is 6.92 Å². The lowest BCUT2D eigenvalue weighted by Crippen LogP contribution is -2.04. The van der Waals surface area contributed by atoms with Gasteiger partial charge in [0.05, 0.1) is 18.3 Å². The lowest BCUT2D eigenvalue weighted by Gasteiger charge is -1.96. The third-order valence-electron chi connectivity index (χ3n) is 1.86. The van der Waals surface area contributed by atoms with Crippen molar-refractivity contribution in [1.29, 1.82) is 0 Å². The van der Waals surface area contributed by atoms with E-state index in [-0.39, 0.29) is 11.3 Å².